The van der Waals surface area contributed by atoms with E-state index in [0.29, 0.717) is 0 Å². The van der Waals surface area contributed by atoms with Crippen LogP contribution in [-0.4, -0.2) is 48.3 Å². The van der Waals surface area contributed by atoms with Crippen molar-refractivity contribution in [2.75, 3.05) is 0 Å². The molecule has 0 unspecified atom stereocenters. The fourth-order valence-corrected chi connectivity index (χ4v) is 0. The van der Waals surface area contributed by atoms with Gasteiger partial charge in [-0.15, -0.1) is 0 Å². The Balaban J connectivity index is 0. The molecule has 0 rings (SSSR count). The van der Waals surface area contributed by atoms with Crippen molar-refractivity contribution in [3.63, 3.8) is 0 Å². The first-order chi connectivity index (χ1) is 0. The minimum Gasteiger partial charge on any atom is 0 e. The Hall–Kier alpha value is 3.51. The molecule has 5 heteroatoms. The van der Waals surface area contributed by atoms with Crippen LogP contribution in [0.15, 0.2) is 0 Å². The molecule has 0 aromatic rings. The van der Waals surface area contributed by atoms with Gasteiger partial charge in [-0.2, -0.15) is 0 Å². The van der Waals surface area contributed by atoms with Gasteiger partial charge in [0, 0.05) is 108 Å². The number of rotatable bonds is 0. The number of hydrogen-bond donors (Lipinski definition) is 0. The third-order valence-electron chi connectivity index (χ3n) is 0. The number of hydrogen-bond acceptors (Lipinski definition) is 0. The smallest absolute Gasteiger partial charge is 0 e. The largest absolute Gasteiger partial charge is 0 e. The van der Waals surface area contributed by atoms with Gasteiger partial charge >= 0.3 is 0 Å². The van der Waals surface area contributed by atoms with Crippen LogP contribution in [0.5, 0.6) is 0 Å². The summed E-state index contributed by atoms with van der Waals surface area (Å²) in [6, 6.07) is 0. The van der Waals surface area contributed by atoms with E-state index in [1.54, 1.807) is 0 Å². The monoisotopic (exact) mass is 542 g/mol. The van der Waals surface area contributed by atoms with Gasteiger partial charge in [-0.25, -0.2) is 0 Å². The Labute approximate surface area is 105 Å². The van der Waals surface area contributed by atoms with E-state index in [4.69, 9.17) is 0 Å². The molecule has 0 aromatic carbocycles. The van der Waals surface area contributed by atoms with E-state index in [0.717, 1.165) is 0 Å². The first kappa shape index (κ1) is 38.9. The van der Waals surface area contributed by atoms with Crippen LogP contribution in [0.2, 0.25) is 0 Å². The Morgan fingerprint density at radius 2 is 1.00 bits per heavy atom. The molecule has 0 aliphatic rings. The SMILES string of the molecule is [Ni].[Pt].[Sb].[Sn].[Ti]. The molecule has 0 saturated heterocycles. The maximum Gasteiger partial charge on any atom is 0 e. The summed E-state index contributed by atoms with van der Waals surface area (Å²) < 4.78 is 0. The zero-order valence-corrected chi connectivity index (χ0v) is 12.3. The van der Waals surface area contributed by atoms with Crippen molar-refractivity contribution < 1.29 is 59.3 Å². The van der Waals surface area contributed by atoms with Gasteiger partial charge in [-0.3, -0.25) is 0 Å². The van der Waals surface area contributed by atoms with E-state index in [1.807, 2.05) is 0 Å². The van der Waals surface area contributed by atoms with Gasteiger partial charge in [-0.05, 0) is 0 Å². The standard InChI is InChI=1S/Ni.Pt.Sb.Sn.Ti. The predicted octanol–water partition coefficient (Wildman–Crippen LogP) is -0.769. The first-order valence-electron chi connectivity index (χ1n) is 0. The molecule has 0 fully saturated rings. The van der Waals surface area contributed by atoms with Gasteiger partial charge in [0.2, 0.25) is 0 Å². The maximum atomic E-state index is 0. The van der Waals surface area contributed by atoms with E-state index in [2.05, 4.69) is 0 Å². The molecule has 7 radical (unpaired) electrons. The molecular weight excluding hydrogens is 542 g/mol. The molecule has 0 aliphatic carbocycles. The van der Waals surface area contributed by atoms with Gasteiger partial charge in [0.15, 0.2) is 0 Å². The van der Waals surface area contributed by atoms with Crippen LogP contribution in [0.3, 0.4) is 0 Å². The van der Waals surface area contributed by atoms with Crippen LogP contribution in [-0.2, 0) is 59.3 Å². The molecule has 33 valence electrons. The molecule has 0 saturated carbocycles. The molecule has 0 aromatic heterocycles. The summed E-state index contributed by atoms with van der Waals surface area (Å²) in [6.45, 7) is 0. The second kappa shape index (κ2) is 25.8. The van der Waals surface area contributed by atoms with Gasteiger partial charge < -0.3 is 0 Å². The normalized spacial score (nSPS) is 0. The van der Waals surface area contributed by atoms with Gasteiger partial charge in [0.05, 0.1) is 0 Å². The second-order valence-electron chi connectivity index (χ2n) is 0. The zero-order valence-electron chi connectivity index (χ0n) is 2.08. The van der Waals surface area contributed by atoms with E-state index in [9.17, 15) is 0 Å². The van der Waals surface area contributed by atoms with Crippen LogP contribution >= 0.6 is 0 Å². The molecule has 0 heterocycles. The Kier molecular flexibility index (Phi) is 201. The summed E-state index contributed by atoms with van der Waals surface area (Å²) in [5, 5.41) is 0. The molecule has 0 spiro atoms. The summed E-state index contributed by atoms with van der Waals surface area (Å²) in [6.07, 6.45) is 0. The van der Waals surface area contributed by atoms with Gasteiger partial charge in [-0.1, -0.05) is 0 Å². The van der Waals surface area contributed by atoms with E-state index in [1.165, 1.54) is 0 Å². The molecule has 0 N–H and O–H groups in total. The maximum absolute atomic E-state index is 0. The van der Waals surface area contributed by atoms with Crippen molar-refractivity contribution in [3.8, 4) is 0 Å². The molecule has 5 heavy (non-hydrogen) atoms. The van der Waals surface area contributed by atoms with Crippen molar-refractivity contribution in [2.24, 2.45) is 0 Å². The van der Waals surface area contributed by atoms with Crippen molar-refractivity contribution in [2.45, 2.75) is 0 Å². The quantitative estimate of drug-likeness (QED) is 0.354. The molecular formula is NiPtSbSnTi. The molecule has 0 amide bonds. The Morgan fingerprint density at radius 1 is 1.00 bits per heavy atom. The summed E-state index contributed by atoms with van der Waals surface area (Å²) in [4.78, 5) is 0. The summed E-state index contributed by atoms with van der Waals surface area (Å²) >= 11 is 0. The minimum absolute atomic E-state index is 0. The Bertz CT molecular complexity index is 11.6. The average molecular weight is 542 g/mol. The first-order valence-corrected chi connectivity index (χ1v) is 0. The van der Waals surface area contributed by atoms with Crippen molar-refractivity contribution in [1.29, 1.82) is 0 Å². The fourth-order valence-electron chi connectivity index (χ4n) is 0. The third-order valence-corrected chi connectivity index (χ3v) is 0. The third kappa shape index (κ3) is 18.5. The van der Waals surface area contributed by atoms with Crippen LogP contribution in [0.4, 0.5) is 0 Å². The molecule has 0 atom stereocenters. The summed E-state index contributed by atoms with van der Waals surface area (Å²) in [5.41, 5.74) is 0. The van der Waals surface area contributed by atoms with E-state index < -0.39 is 0 Å². The van der Waals surface area contributed by atoms with Crippen molar-refractivity contribution >= 4 is 48.3 Å². The second-order valence-corrected chi connectivity index (χ2v) is 0. The van der Waals surface area contributed by atoms with Crippen molar-refractivity contribution in [3.05, 3.63) is 0 Å². The van der Waals surface area contributed by atoms with Crippen LogP contribution < -0.4 is 0 Å². The van der Waals surface area contributed by atoms with Gasteiger partial charge in [0.1, 0.15) is 0 Å². The summed E-state index contributed by atoms with van der Waals surface area (Å²) in [5.74, 6) is 0. The predicted molar refractivity (Wildman–Crippen MR) is 11.5 cm³/mol. The fraction of sp³-hybridized carbons (Fsp3) is 0. The van der Waals surface area contributed by atoms with E-state index in [-0.39, 0.29) is 108 Å². The molecule has 0 bridgehead atoms. The van der Waals surface area contributed by atoms with Crippen molar-refractivity contribution in [1.82, 2.24) is 0 Å². The van der Waals surface area contributed by atoms with E-state index >= 15 is 0 Å². The molecule has 0 nitrogen and oxygen atoms in total. The van der Waals surface area contributed by atoms with Crippen LogP contribution in [0.25, 0.3) is 0 Å². The topological polar surface area (TPSA) is 0 Å². The average Bonchev–Trinajstić information content (AvgIpc) is 0. The van der Waals surface area contributed by atoms with Crippen LogP contribution in [0.1, 0.15) is 0 Å². The van der Waals surface area contributed by atoms with Gasteiger partial charge in [0.25, 0.3) is 0 Å². The minimum atomic E-state index is 0. The Morgan fingerprint density at radius 3 is 1.00 bits per heavy atom. The zero-order chi connectivity index (χ0) is 0. The summed E-state index contributed by atoms with van der Waals surface area (Å²) in [7, 11) is 0. The molecule has 0 aliphatic heterocycles. The van der Waals surface area contributed by atoms with Crippen LogP contribution in [0, 0.1) is 0 Å².